The molecule has 0 unspecified atom stereocenters. The number of methoxy groups -OCH3 is 1. The molecule has 0 radical (unpaired) electrons. The highest BCUT2D eigenvalue weighted by molar-refractivity contribution is 7.89. The lowest BCUT2D eigenvalue weighted by Crippen LogP contribution is -2.36. The molecule has 2 fully saturated rings. The zero-order chi connectivity index (χ0) is 27.0. The molecule has 3 aromatic carbocycles. The summed E-state index contributed by atoms with van der Waals surface area (Å²) in [5, 5.41) is 4.85. The molecule has 2 aliphatic rings. The second kappa shape index (κ2) is 10.5. The van der Waals surface area contributed by atoms with E-state index < -0.39 is 10.0 Å². The molecule has 1 aromatic heterocycles. The quantitative estimate of drug-likeness (QED) is 0.318. The highest BCUT2D eigenvalue weighted by atomic mass is 32.2. The van der Waals surface area contributed by atoms with E-state index in [1.54, 1.807) is 25.3 Å². The van der Waals surface area contributed by atoms with Crippen molar-refractivity contribution >= 4 is 49.2 Å². The third-order valence-electron chi connectivity index (χ3n) is 7.81. The number of nitrogens with zero attached hydrogens (tertiary/aromatic N) is 2. The van der Waals surface area contributed by atoms with Crippen LogP contribution in [0.25, 0.3) is 21.9 Å². The fourth-order valence-electron chi connectivity index (χ4n) is 5.73. The van der Waals surface area contributed by atoms with Gasteiger partial charge >= 0.3 is 0 Å². The van der Waals surface area contributed by atoms with Crippen molar-refractivity contribution < 1.29 is 22.4 Å². The standard InChI is InChI=1S/C30H33N3O5S/c1-37-29-19-23-22-10-4-5-11-27(22)38-28(23)20-25(29)31-30(34)24-18-21(39(35,36)33-16-8-3-9-17-33)12-13-26(24)32-14-6-2-7-15-32/h4-5,10-13,18-20H,2-3,6-9,14-17H2,1H3,(H,31,34). The number of piperidine rings is 2. The zero-order valence-electron chi connectivity index (χ0n) is 22.1. The van der Waals surface area contributed by atoms with Crippen molar-refractivity contribution in [2.24, 2.45) is 0 Å². The summed E-state index contributed by atoms with van der Waals surface area (Å²) in [6, 6.07) is 16.3. The molecular formula is C30H33N3O5S. The van der Waals surface area contributed by atoms with Crippen LogP contribution in [0.5, 0.6) is 5.75 Å². The Kier molecular flexibility index (Phi) is 6.95. The maximum Gasteiger partial charge on any atom is 0.257 e. The molecular weight excluding hydrogens is 514 g/mol. The maximum absolute atomic E-state index is 13.9. The topological polar surface area (TPSA) is 92.1 Å². The number of nitrogens with one attached hydrogen (secondary N) is 1. The van der Waals surface area contributed by atoms with E-state index >= 15 is 0 Å². The van der Waals surface area contributed by atoms with Crippen molar-refractivity contribution in [3.8, 4) is 5.75 Å². The smallest absolute Gasteiger partial charge is 0.257 e. The van der Waals surface area contributed by atoms with Gasteiger partial charge in [0.25, 0.3) is 5.91 Å². The second-order valence-corrected chi connectivity index (χ2v) is 12.2. The summed E-state index contributed by atoms with van der Waals surface area (Å²) >= 11 is 0. The van der Waals surface area contributed by atoms with E-state index in [4.69, 9.17) is 9.15 Å². The number of carbonyl (C=O) groups excluding carboxylic acids is 1. The first-order chi connectivity index (χ1) is 19.0. The number of anilines is 2. The maximum atomic E-state index is 13.9. The summed E-state index contributed by atoms with van der Waals surface area (Å²) in [5.74, 6) is 0.110. The Hall–Kier alpha value is -3.56. The van der Waals surface area contributed by atoms with E-state index in [2.05, 4.69) is 10.2 Å². The van der Waals surface area contributed by atoms with Crippen LogP contribution in [-0.4, -0.2) is 51.9 Å². The molecule has 2 saturated heterocycles. The Morgan fingerprint density at radius 3 is 2.31 bits per heavy atom. The van der Waals surface area contributed by atoms with Gasteiger partial charge in [0.05, 0.1) is 23.3 Å². The monoisotopic (exact) mass is 547 g/mol. The number of furan rings is 1. The molecule has 0 aliphatic carbocycles. The summed E-state index contributed by atoms with van der Waals surface area (Å²) in [5.41, 5.74) is 2.92. The molecule has 4 aromatic rings. The third kappa shape index (κ3) is 4.85. The van der Waals surface area contributed by atoms with Crippen molar-refractivity contribution in [3.05, 3.63) is 60.2 Å². The number of sulfonamides is 1. The molecule has 1 N–H and O–H groups in total. The summed E-state index contributed by atoms with van der Waals surface area (Å²) < 4.78 is 40.2. The van der Waals surface area contributed by atoms with Gasteiger partial charge in [0.15, 0.2) is 0 Å². The average Bonchev–Trinajstić information content (AvgIpc) is 3.34. The zero-order valence-corrected chi connectivity index (χ0v) is 22.9. The van der Waals surface area contributed by atoms with E-state index in [-0.39, 0.29) is 10.8 Å². The molecule has 0 atom stereocenters. The van der Waals surface area contributed by atoms with E-state index in [1.807, 2.05) is 30.3 Å². The SMILES string of the molecule is COc1cc2c(cc1NC(=O)c1cc(S(=O)(=O)N3CCCCC3)ccc1N1CCCCC1)oc1ccccc12. The fourth-order valence-corrected chi connectivity index (χ4v) is 7.27. The fraction of sp³-hybridized carbons (Fsp3) is 0.367. The minimum Gasteiger partial charge on any atom is -0.495 e. The van der Waals surface area contributed by atoms with Crippen LogP contribution in [0.3, 0.4) is 0 Å². The van der Waals surface area contributed by atoms with Crippen LogP contribution in [0.2, 0.25) is 0 Å². The van der Waals surface area contributed by atoms with Gasteiger partial charge in [0.2, 0.25) is 10.0 Å². The predicted octanol–water partition coefficient (Wildman–Crippen LogP) is 6.01. The van der Waals surface area contributed by atoms with Gasteiger partial charge in [0.1, 0.15) is 16.9 Å². The Balaban J connectivity index is 1.40. The van der Waals surface area contributed by atoms with E-state index in [0.29, 0.717) is 35.7 Å². The lowest BCUT2D eigenvalue weighted by atomic mass is 10.1. The molecule has 0 spiro atoms. The summed E-state index contributed by atoms with van der Waals surface area (Å²) in [4.78, 5) is 16.2. The minimum absolute atomic E-state index is 0.148. The average molecular weight is 548 g/mol. The van der Waals surface area contributed by atoms with Crippen LogP contribution >= 0.6 is 0 Å². The first-order valence-electron chi connectivity index (χ1n) is 13.7. The molecule has 1 amide bonds. The molecule has 6 rings (SSSR count). The van der Waals surface area contributed by atoms with Crippen LogP contribution in [-0.2, 0) is 10.0 Å². The first-order valence-corrected chi connectivity index (χ1v) is 15.1. The summed E-state index contributed by atoms with van der Waals surface area (Å²) in [7, 11) is -2.14. The van der Waals surface area contributed by atoms with Gasteiger partial charge in [-0.05, 0) is 62.4 Å². The summed E-state index contributed by atoms with van der Waals surface area (Å²) in [6.07, 6.45) is 5.95. The van der Waals surface area contributed by atoms with Crippen LogP contribution in [0.15, 0.2) is 63.9 Å². The highest BCUT2D eigenvalue weighted by Gasteiger charge is 2.29. The van der Waals surface area contributed by atoms with Gasteiger partial charge in [-0.15, -0.1) is 0 Å². The van der Waals surface area contributed by atoms with Crippen LogP contribution in [0.4, 0.5) is 11.4 Å². The number of amides is 1. The van der Waals surface area contributed by atoms with Crippen LogP contribution in [0.1, 0.15) is 48.9 Å². The minimum atomic E-state index is -3.70. The molecule has 9 heteroatoms. The van der Waals surface area contributed by atoms with Gasteiger partial charge in [-0.1, -0.05) is 24.6 Å². The Morgan fingerprint density at radius 1 is 0.846 bits per heavy atom. The number of ether oxygens (including phenoxy) is 1. The first kappa shape index (κ1) is 25.7. The predicted molar refractivity (Wildman–Crippen MR) is 153 cm³/mol. The Morgan fingerprint density at radius 2 is 1.56 bits per heavy atom. The molecule has 39 heavy (non-hydrogen) atoms. The number of hydrogen-bond donors (Lipinski definition) is 1. The van der Waals surface area contributed by atoms with Gasteiger partial charge in [-0.3, -0.25) is 4.79 Å². The van der Waals surface area contributed by atoms with Gasteiger partial charge in [-0.25, -0.2) is 8.42 Å². The van der Waals surface area contributed by atoms with Gasteiger partial charge < -0.3 is 19.4 Å². The van der Waals surface area contributed by atoms with E-state index in [9.17, 15) is 13.2 Å². The Labute approximate surface area is 228 Å². The van der Waals surface area contributed by atoms with Crippen LogP contribution < -0.4 is 15.0 Å². The molecule has 3 heterocycles. The van der Waals surface area contributed by atoms with E-state index in [0.717, 1.165) is 73.7 Å². The van der Waals surface area contributed by atoms with Crippen molar-refractivity contribution in [2.45, 2.75) is 43.4 Å². The van der Waals surface area contributed by atoms with E-state index in [1.165, 1.54) is 10.4 Å². The second-order valence-electron chi connectivity index (χ2n) is 10.3. The third-order valence-corrected chi connectivity index (χ3v) is 9.70. The number of hydrogen-bond acceptors (Lipinski definition) is 6. The Bertz CT molecular complexity index is 1630. The van der Waals surface area contributed by atoms with Crippen molar-refractivity contribution in [2.75, 3.05) is 43.5 Å². The summed E-state index contributed by atoms with van der Waals surface area (Å²) in [6.45, 7) is 2.67. The van der Waals surface area contributed by atoms with Crippen molar-refractivity contribution in [3.63, 3.8) is 0 Å². The number of para-hydroxylation sites is 1. The highest BCUT2D eigenvalue weighted by Crippen LogP contribution is 2.37. The lowest BCUT2D eigenvalue weighted by molar-refractivity contribution is 0.102. The van der Waals surface area contributed by atoms with Crippen molar-refractivity contribution in [1.29, 1.82) is 0 Å². The lowest BCUT2D eigenvalue weighted by Gasteiger charge is -2.31. The molecule has 2 aliphatic heterocycles. The largest absolute Gasteiger partial charge is 0.495 e. The normalized spacial score (nSPS) is 17.0. The molecule has 0 bridgehead atoms. The van der Waals surface area contributed by atoms with Crippen LogP contribution in [0, 0.1) is 0 Å². The van der Waals surface area contributed by atoms with Crippen molar-refractivity contribution in [1.82, 2.24) is 4.31 Å². The number of benzene rings is 3. The number of rotatable bonds is 6. The molecule has 8 nitrogen and oxygen atoms in total. The number of fused-ring (bicyclic) bond motifs is 3. The number of carbonyl (C=O) groups is 1. The van der Waals surface area contributed by atoms with Gasteiger partial charge in [0, 0.05) is 48.7 Å². The van der Waals surface area contributed by atoms with Gasteiger partial charge in [-0.2, -0.15) is 4.31 Å². The molecule has 0 saturated carbocycles. The molecule has 204 valence electrons.